The zero-order chi connectivity index (χ0) is 40.9. The van der Waals surface area contributed by atoms with Crippen LogP contribution in [0, 0.1) is 5.92 Å². The van der Waals surface area contributed by atoms with Gasteiger partial charge in [-0.1, -0.05) is 125 Å². The maximum atomic E-state index is 12.6. The summed E-state index contributed by atoms with van der Waals surface area (Å²) in [7, 11) is 0. The van der Waals surface area contributed by atoms with Crippen LogP contribution >= 0.6 is 0 Å². The molecule has 10 nitrogen and oxygen atoms in total. The molecule has 1 aliphatic rings. The number of rotatable bonds is 34. The molecule has 1 heterocycles. The van der Waals surface area contributed by atoms with Gasteiger partial charge >= 0.3 is 11.9 Å². The summed E-state index contributed by atoms with van der Waals surface area (Å²) in [6, 6.07) is 0. The van der Waals surface area contributed by atoms with E-state index < -0.39 is 43.2 Å². The molecule has 0 saturated carbocycles. The molecule has 0 aromatic rings. The second-order valence-electron chi connectivity index (χ2n) is 14.5. The number of unbranched alkanes of at least 4 members (excludes halogenated alkanes) is 10. The minimum Gasteiger partial charge on any atom is -0.465 e. The molecule has 0 aromatic carbocycles. The Balaban J connectivity index is 2.37. The van der Waals surface area contributed by atoms with Crippen molar-refractivity contribution in [2.24, 2.45) is 5.92 Å². The van der Waals surface area contributed by atoms with Crippen molar-refractivity contribution in [1.82, 2.24) is 0 Å². The van der Waals surface area contributed by atoms with Gasteiger partial charge in [0.05, 0.1) is 32.3 Å². The third kappa shape index (κ3) is 27.7. The third-order valence-electron chi connectivity index (χ3n) is 9.37. The standard InChI is InChI=1S/C46H76O10/c1-3-5-7-9-11-13-15-17-19-21-23-25-27-29-31-33-41(48)53-36-39(38-55-46-45(52)44(51)43(50)40(35-47)56-46)37-54-42(49)34-32-30-28-26-24-22-20-18-16-14-12-10-8-6-4-2/h5-8,11-14,17-20,39-40,43-47,50-52H,3-4,9-10,15-16,21-38H2,1-2H3/b7-5-,8-6-,13-11-,14-12-,19-17-,20-18-/t40-,43+,44+,45-,46-/m1/s1. The van der Waals surface area contributed by atoms with E-state index in [0.717, 1.165) is 116 Å². The Morgan fingerprint density at radius 3 is 1.39 bits per heavy atom. The van der Waals surface area contributed by atoms with E-state index in [-0.39, 0.29) is 44.6 Å². The normalized spacial score (nSPS) is 20.7. The molecule has 0 radical (unpaired) electrons. The Kier molecular flexibility index (Phi) is 33.3. The Labute approximate surface area is 338 Å². The van der Waals surface area contributed by atoms with Gasteiger partial charge in [0, 0.05) is 12.8 Å². The molecule has 0 amide bonds. The first kappa shape index (κ1) is 51.2. The molecule has 5 atom stereocenters. The largest absolute Gasteiger partial charge is 0.465 e. The molecule has 0 bridgehead atoms. The molecular formula is C46H76O10. The summed E-state index contributed by atoms with van der Waals surface area (Å²) in [5.41, 5.74) is 0. The predicted molar refractivity (Wildman–Crippen MR) is 224 cm³/mol. The summed E-state index contributed by atoms with van der Waals surface area (Å²) >= 11 is 0. The summed E-state index contributed by atoms with van der Waals surface area (Å²) < 4.78 is 22.2. The maximum Gasteiger partial charge on any atom is 0.305 e. The predicted octanol–water partition coefficient (Wildman–Crippen LogP) is 8.68. The van der Waals surface area contributed by atoms with E-state index in [9.17, 15) is 30.0 Å². The van der Waals surface area contributed by atoms with Crippen LogP contribution in [-0.2, 0) is 28.5 Å². The quantitative estimate of drug-likeness (QED) is 0.0283. The number of aliphatic hydroxyl groups excluding tert-OH is 4. The van der Waals surface area contributed by atoms with Gasteiger partial charge < -0.3 is 39.4 Å². The van der Waals surface area contributed by atoms with E-state index >= 15 is 0 Å². The highest BCUT2D eigenvalue weighted by atomic mass is 16.7. The van der Waals surface area contributed by atoms with Gasteiger partial charge in [0.1, 0.15) is 24.4 Å². The number of hydrogen-bond acceptors (Lipinski definition) is 10. The first-order chi connectivity index (χ1) is 27.3. The van der Waals surface area contributed by atoms with Crippen LogP contribution in [0.15, 0.2) is 72.9 Å². The highest BCUT2D eigenvalue weighted by molar-refractivity contribution is 5.69. The van der Waals surface area contributed by atoms with Crippen LogP contribution in [-0.4, -0.2) is 89.5 Å². The SMILES string of the molecule is CC/C=C\C/C=C\C/C=C\CCCCCCCC(=O)OCC(COC(=O)CCCCCCC/C=C\C/C=C\C/C=C\CC)CO[C@@H]1O[C@H](CO)[C@H](O)[C@H](O)[C@H]1O. The van der Waals surface area contributed by atoms with Crippen LogP contribution in [0.1, 0.15) is 142 Å². The fourth-order valence-electron chi connectivity index (χ4n) is 5.92. The highest BCUT2D eigenvalue weighted by Crippen LogP contribution is 2.23. The van der Waals surface area contributed by atoms with Gasteiger partial charge in [-0.2, -0.15) is 0 Å². The number of aliphatic hydroxyl groups is 4. The minimum atomic E-state index is -1.58. The zero-order valence-electron chi connectivity index (χ0n) is 34.6. The van der Waals surface area contributed by atoms with E-state index in [1.165, 1.54) is 0 Å². The maximum absolute atomic E-state index is 12.6. The minimum absolute atomic E-state index is 0.0679. The Bertz CT molecular complexity index is 1070. The van der Waals surface area contributed by atoms with E-state index in [1.807, 2.05) is 0 Å². The van der Waals surface area contributed by atoms with Gasteiger partial charge in [-0.3, -0.25) is 9.59 Å². The molecule has 1 saturated heterocycles. The molecule has 0 aromatic heterocycles. The molecule has 56 heavy (non-hydrogen) atoms. The number of esters is 2. The molecule has 1 rings (SSSR count). The van der Waals surface area contributed by atoms with E-state index in [1.54, 1.807) is 0 Å². The average Bonchev–Trinajstić information content (AvgIpc) is 3.20. The lowest BCUT2D eigenvalue weighted by Crippen LogP contribution is -2.59. The van der Waals surface area contributed by atoms with E-state index in [0.29, 0.717) is 0 Å². The van der Waals surface area contributed by atoms with Gasteiger partial charge in [0.2, 0.25) is 0 Å². The lowest BCUT2D eigenvalue weighted by Gasteiger charge is -2.39. The van der Waals surface area contributed by atoms with Gasteiger partial charge in [-0.25, -0.2) is 0 Å². The molecule has 0 aliphatic carbocycles. The average molecular weight is 789 g/mol. The van der Waals surface area contributed by atoms with Crippen molar-refractivity contribution in [3.8, 4) is 0 Å². The monoisotopic (exact) mass is 789 g/mol. The Hall–Kier alpha value is -2.86. The van der Waals surface area contributed by atoms with Crippen LogP contribution in [0.25, 0.3) is 0 Å². The molecule has 0 spiro atoms. The van der Waals surface area contributed by atoms with Gasteiger partial charge in [-0.15, -0.1) is 0 Å². The first-order valence-electron chi connectivity index (χ1n) is 21.5. The first-order valence-corrected chi connectivity index (χ1v) is 21.5. The summed E-state index contributed by atoms with van der Waals surface area (Å²) in [5.74, 6) is -1.26. The van der Waals surface area contributed by atoms with Crippen molar-refractivity contribution in [3.05, 3.63) is 72.9 Å². The number of carbonyl (C=O) groups is 2. The van der Waals surface area contributed by atoms with Crippen molar-refractivity contribution in [1.29, 1.82) is 0 Å². The van der Waals surface area contributed by atoms with Crippen molar-refractivity contribution in [2.75, 3.05) is 26.4 Å². The number of allylic oxidation sites excluding steroid dienone is 12. The van der Waals surface area contributed by atoms with E-state index in [2.05, 4.69) is 86.8 Å². The zero-order valence-corrected chi connectivity index (χ0v) is 34.6. The molecular weight excluding hydrogens is 712 g/mol. The number of ether oxygens (including phenoxy) is 4. The summed E-state index contributed by atoms with van der Waals surface area (Å²) in [6.07, 6.45) is 37.8. The molecule has 1 aliphatic heterocycles. The van der Waals surface area contributed by atoms with Crippen LogP contribution in [0.4, 0.5) is 0 Å². The lowest BCUT2D eigenvalue weighted by atomic mass is 9.99. The molecule has 1 fully saturated rings. The fourth-order valence-corrected chi connectivity index (χ4v) is 5.92. The van der Waals surface area contributed by atoms with Crippen LogP contribution in [0.2, 0.25) is 0 Å². The number of hydrogen-bond donors (Lipinski definition) is 4. The van der Waals surface area contributed by atoms with Gasteiger partial charge in [0.15, 0.2) is 6.29 Å². The Morgan fingerprint density at radius 1 is 0.536 bits per heavy atom. The van der Waals surface area contributed by atoms with Crippen molar-refractivity contribution >= 4 is 11.9 Å². The van der Waals surface area contributed by atoms with Crippen LogP contribution in [0.5, 0.6) is 0 Å². The molecule has 320 valence electrons. The number of carbonyl (C=O) groups excluding carboxylic acids is 2. The molecule has 10 heteroatoms. The summed E-state index contributed by atoms with van der Waals surface area (Å²) in [5, 5.41) is 40.1. The smallest absolute Gasteiger partial charge is 0.305 e. The van der Waals surface area contributed by atoms with Crippen LogP contribution < -0.4 is 0 Å². The summed E-state index contributed by atoms with van der Waals surface area (Å²) in [6.45, 7) is 3.43. The van der Waals surface area contributed by atoms with Crippen molar-refractivity contribution in [3.63, 3.8) is 0 Å². The van der Waals surface area contributed by atoms with Gasteiger partial charge in [-0.05, 0) is 77.0 Å². The molecule has 4 N–H and O–H groups in total. The van der Waals surface area contributed by atoms with Gasteiger partial charge in [0.25, 0.3) is 0 Å². The lowest BCUT2D eigenvalue weighted by molar-refractivity contribution is -0.304. The fraction of sp³-hybridized carbons (Fsp3) is 0.696. The van der Waals surface area contributed by atoms with Crippen LogP contribution in [0.3, 0.4) is 0 Å². The van der Waals surface area contributed by atoms with Crippen molar-refractivity contribution in [2.45, 2.75) is 173 Å². The Morgan fingerprint density at radius 2 is 0.946 bits per heavy atom. The molecule has 0 unspecified atom stereocenters. The topological polar surface area (TPSA) is 152 Å². The second-order valence-corrected chi connectivity index (χ2v) is 14.5. The third-order valence-corrected chi connectivity index (χ3v) is 9.37. The van der Waals surface area contributed by atoms with E-state index in [4.69, 9.17) is 18.9 Å². The van der Waals surface area contributed by atoms with Crippen molar-refractivity contribution < 1.29 is 49.0 Å². The summed E-state index contributed by atoms with van der Waals surface area (Å²) in [4.78, 5) is 25.1. The highest BCUT2D eigenvalue weighted by Gasteiger charge is 2.44. The second kappa shape index (κ2) is 36.5.